The molecule has 0 aliphatic rings. The van der Waals surface area contributed by atoms with Gasteiger partial charge in [-0.25, -0.2) is 4.98 Å². The van der Waals surface area contributed by atoms with Crippen molar-refractivity contribution in [2.75, 3.05) is 18.0 Å². The summed E-state index contributed by atoms with van der Waals surface area (Å²) in [5.74, 6) is 1.06. The lowest BCUT2D eigenvalue weighted by Gasteiger charge is -2.30. The van der Waals surface area contributed by atoms with Crippen molar-refractivity contribution in [2.24, 2.45) is 0 Å². The van der Waals surface area contributed by atoms with Crippen LogP contribution in [-0.4, -0.2) is 24.1 Å². The summed E-state index contributed by atoms with van der Waals surface area (Å²) in [5, 5.41) is 3.53. The molecule has 0 aliphatic heterocycles. The first-order valence-corrected chi connectivity index (χ1v) is 7.17. The predicted molar refractivity (Wildman–Crippen MR) is 83.6 cm³/mol. The summed E-state index contributed by atoms with van der Waals surface area (Å²) in [4.78, 5) is 6.87. The number of rotatable bonds is 8. The Kier molecular flexibility index (Phi) is 6.57. The SMILES string of the molecule is C=CCN(c1ncccc1C(C)NCCC)C(C)C. The molecular weight excluding hydrogens is 234 g/mol. The van der Waals surface area contributed by atoms with E-state index >= 15 is 0 Å². The summed E-state index contributed by atoms with van der Waals surface area (Å²) in [6.07, 6.45) is 4.94. The largest absolute Gasteiger partial charge is 0.350 e. The van der Waals surface area contributed by atoms with E-state index in [1.165, 1.54) is 5.56 Å². The summed E-state index contributed by atoms with van der Waals surface area (Å²) < 4.78 is 0. The Labute approximate surface area is 117 Å². The van der Waals surface area contributed by atoms with Crippen LogP contribution in [0.15, 0.2) is 31.0 Å². The standard InChI is InChI=1S/C16H27N3/c1-6-10-17-14(5)15-9-8-11-18-16(15)19(12-7-2)13(3)4/h7-9,11,13-14,17H,2,6,10,12H2,1,3-5H3. The third-order valence-corrected chi connectivity index (χ3v) is 3.21. The van der Waals surface area contributed by atoms with E-state index in [4.69, 9.17) is 0 Å². The zero-order chi connectivity index (χ0) is 14.3. The topological polar surface area (TPSA) is 28.2 Å². The van der Waals surface area contributed by atoms with Gasteiger partial charge < -0.3 is 10.2 Å². The van der Waals surface area contributed by atoms with E-state index in [9.17, 15) is 0 Å². The van der Waals surface area contributed by atoms with Gasteiger partial charge in [0.2, 0.25) is 0 Å². The van der Waals surface area contributed by atoms with Gasteiger partial charge in [0.15, 0.2) is 0 Å². The number of nitrogens with zero attached hydrogens (tertiary/aromatic N) is 2. The summed E-state index contributed by atoms with van der Waals surface area (Å²) in [6.45, 7) is 14.4. The van der Waals surface area contributed by atoms with E-state index in [1.54, 1.807) is 0 Å². The fraction of sp³-hybridized carbons (Fsp3) is 0.562. The van der Waals surface area contributed by atoms with Crippen LogP contribution in [0.5, 0.6) is 0 Å². The zero-order valence-electron chi connectivity index (χ0n) is 12.7. The van der Waals surface area contributed by atoms with Crippen LogP contribution in [0.1, 0.15) is 45.7 Å². The number of nitrogens with one attached hydrogen (secondary N) is 1. The van der Waals surface area contributed by atoms with Gasteiger partial charge >= 0.3 is 0 Å². The average molecular weight is 261 g/mol. The second-order valence-electron chi connectivity index (χ2n) is 5.13. The van der Waals surface area contributed by atoms with Crippen molar-refractivity contribution < 1.29 is 0 Å². The van der Waals surface area contributed by atoms with Gasteiger partial charge in [0.25, 0.3) is 0 Å². The lowest BCUT2D eigenvalue weighted by atomic mass is 10.1. The third-order valence-electron chi connectivity index (χ3n) is 3.21. The predicted octanol–water partition coefficient (Wildman–Crippen LogP) is 3.54. The fourth-order valence-corrected chi connectivity index (χ4v) is 2.14. The van der Waals surface area contributed by atoms with Gasteiger partial charge in [0.05, 0.1) is 0 Å². The van der Waals surface area contributed by atoms with Gasteiger partial charge in [-0.2, -0.15) is 0 Å². The van der Waals surface area contributed by atoms with Gasteiger partial charge in [-0.1, -0.05) is 19.1 Å². The van der Waals surface area contributed by atoms with Crippen molar-refractivity contribution in [3.8, 4) is 0 Å². The Hall–Kier alpha value is -1.35. The molecule has 0 aliphatic carbocycles. The first kappa shape index (κ1) is 15.7. The Bertz CT molecular complexity index is 387. The maximum Gasteiger partial charge on any atom is 0.133 e. The van der Waals surface area contributed by atoms with Crippen LogP contribution in [0.4, 0.5) is 5.82 Å². The third kappa shape index (κ3) is 4.35. The minimum absolute atomic E-state index is 0.315. The summed E-state index contributed by atoms with van der Waals surface area (Å²) in [7, 11) is 0. The van der Waals surface area contributed by atoms with Gasteiger partial charge in [0.1, 0.15) is 5.82 Å². The molecule has 19 heavy (non-hydrogen) atoms. The van der Waals surface area contributed by atoms with Crippen LogP contribution in [0, 0.1) is 0 Å². The van der Waals surface area contributed by atoms with Crippen molar-refractivity contribution in [3.05, 3.63) is 36.5 Å². The van der Waals surface area contributed by atoms with Crippen LogP contribution < -0.4 is 10.2 Å². The van der Waals surface area contributed by atoms with Crippen LogP contribution in [0.3, 0.4) is 0 Å². The molecule has 3 nitrogen and oxygen atoms in total. The monoisotopic (exact) mass is 261 g/mol. The molecular formula is C16H27N3. The Morgan fingerprint density at radius 2 is 2.16 bits per heavy atom. The van der Waals surface area contributed by atoms with Crippen molar-refractivity contribution >= 4 is 5.82 Å². The molecule has 0 radical (unpaired) electrons. The number of hydrogen-bond acceptors (Lipinski definition) is 3. The molecule has 1 heterocycles. The van der Waals surface area contributed by atoms with Crippen LogP contribution >= 0.6 is 0 Å². The maximum atomic E-state index is 4.59. The first-order valence-electron chi connectivity index (χ1n) is 7.17. The lowest BCUT2D eigenvalue weighted by Crippen LogP contribution is -2.33. The molecule has 1 aromatic heterocycles. The quantitative estimate of drug-likeness (QED) is 0.725. The zero-order valence-corrected chi connectivity index (χ0v) is 12.7. The second kappa shape index (κ2) is 7.95. The van der Waals surface area contributed by atoms with E-state index in [-0.39, 0.29) is 0 Å². The molecule has 1 atom stereocenters. The molecule has 0 bridgehead atoms. The summed E-state index contributed by atoms with van der Waals surface area (Å²) >= 11 is 0. The van der Waals surface area contributed by atoms with Crippen molar-refractivity contribution in [1.29, 1.82) is 0 Å². The van der Waals surface area contributed by atoms with Crippen molar-refractivity contribution in [2.45, 2.75) is 46.2 Å². The van der Waals surface area contributed by atoms with Gasteiger partial charge in [-0.05, 0) is 39.8 Å². The van der Waals surface area contributed by atoms with Gasteiger partial charge in [-0.3, -0.25) is 0 Å². The highest BCUT2D eigenvalue weighted by Crippen LogP contribution is 2.25. The van der Waals surface area contributed by atoms with Crippen molar-refractivity contribution in [3.63, 3.8) is 0 Å². The Balaban J connectivity index is 3.01. The van der Waals surface area contributed by atoms with Crippen LogP contribution in [0.2, 0.25) is 0 Å². The molecule has 0 saturated heterocycles. The van der Waals surface area contributed by atoms with Crippen LogP contribution in [-0.2, 0) is 0 Å². The molecule has 0 saturated carbocycles. The van der Waals surface area contributed by atoms with E-state index in [1.807, 2.05) is 18.3 Å². The first-order chi connectivity index (χ1) is 9.11. The molecule has 0 amide bonds. The van der Waals surface area contributed by atoms with E-state index in [0.717, 1.165) is 25.3 Å². The normalized spacial score (nSPS) is 12.5. The molecule has 0 aromatic carbocycles. The highest BCUT2D eigenvalue weighted by Gasteiger charge is 2.17. The fourth-order valence-electron chi connectivity index (χ4n) is 2.14. The summed E-state index contributed by atoms with van der Waals surface area (Å²) in [6, 6.07) is 4.89. The minimum Gasteiger partial charge on any atom is -0.350 e. The summed E-state index contributed by atoms with van der Waals surface area (Å²) in [5.41, 5.74) is 1.26. The van der Waals surface area contributed by atoms with E-state index < -0.39 is 0 Å². The second-order valence-corrected chi connectivity index (χ2v) is 5.13. The Morgan fingerprint density at radius 1 is 1.42 bits per heavy atom. The molecule has 1 rings (SSSR count). The van der Waals surface area contributed by atoms with E-state index in [2.05, 4.69) is 55.5 Å². The van der Waals surface area contributed by atoms with Crippen molar-refractivity contribution in [1.82, 2.24) is 10.3 Å². The Morgan fingerprint density at radius 3 is 2.74 bits per heavy atom. The molecule has 3 heteroatoms. The number of aromatic nitrogens is 1. The smallest absolute Gasteiger partial charge is 0.133 e. The number of pyridine rings is 1. The lowest BCUT2D eigenvalue weighted by molar-refractivity contribution is 0.565. The number of anilines is 1. The maximum absolute atomic E-state index is 4.59. The average Bonchev–Trinajstić information content (AvgIpc) is 2.42. The highest BCUT2D eigenvalue weighted by atomic mass is 15.2. The van der Waals surface area contributed by atoms with Crippen LogP contribution in [0.25, 0.3) is 0 Å². The van der Waals surface area contributed by atoms with Gasteiger partial charge in [0, 0.05) is 30.4 Å². The molecule has 1 N–H and O–H groups in total. The molecule has 0 spiro atoms. The molecule has 1 aromatic rings. The number of hydrogen-bond donors (Lipinski definition) is 1. The minimum atomic E-state index is 0.315. The molecule has 0 fully saturated rings. The van der Waals surface area contributed by atoms with Gasteiger partial charge in [-0.15, -0.1) is 6.58 Å². The van der Waals surface area contributed by atoms with E-state index in [0.29, 0.717) is 12.1 Å². The highest BCUT2D eigenvalue weighted by molar-refractivity contribution is 5.49. The molecule has 106 valence electrons. The molecule has 1 unspecified atom stereocenters.